The second-order valence-corrected chi connectivity index (χ2v) is 4.94. The Labute approximate surface area is 124 Å². The molecular weight excluding hydrogens is 268 g/mol. The SMILES string of the molecule is CCOc1ccc(Nc2ccc(C)cc2C(N)=S)cc1. The Morgan fingerprint density at radius 2 is 1.90 bits per heavy atom. The van der Waals surface area contributed by atoms with Crippen molar-refractivity contribution in [2.45, 2.75) is 13.8 Å². The number of thiocarbonyl (C=S) groups is 1. The topological polar surface area (TPSA) is 47.3 Å². The first-order valence-electron chi connectivity index (χ1n) is 6.50. The van der Waals surface area contributed by atoms with Crippen molar-refractivity contribution in [1.29, 1.82) is 0 Å². The normalized spacial score (nSPS) is 10.1. The quantitative estimate of drug-likeness (QED) is 0.821. The van der Waals surface area contributed by atoms with E-state index in [2.05, 4.69) is 5.32 Å². The molecule has 0 unspecified atom stereocenters. The van der Waals surface area contributed by atoms with E-state index in [0.717, 1.165) is 28.3 Å². The van der Waals surface area contributed by atoms with Crippen LogP contribution in [0.4, 0.5) is 11.4 Å². The fourth-order valence-corrected chi connectivity index (χ4v) is 2.10. The first-order chi connectivity index (χ1) is 9.60. The van der Waals surface area contributed by atoms with Crippen LogP contribution in [0.15, 0.2) is 42.5 Å². The lowest BCUT2D eigenvalue weighted by molar-refractivity contribution is 0.340. The van der Waals surface area contributed by atoms with Crippen LogP contribution in [0, 0.1) is 6.92 Å². The van der Waals surface area contributed by atoms with Crippen LogP contribution in [-0.2, 0) is 0 Å². The highest BCUT2D eigenvalue weighted by atomic mass is 32.1. The van der Waals surface area contributed by atoms with Crippen LogP contribution in [-0.4, -0.2) is 11.6 Å². The summed E-state index contributed by atoms with van der Waals surface area (Å²) < 4.78 is 5.42. The molecular formula is C16H18N2OS. The number of hydrogen-bond donors (Lipinski definition) is 2. The third-order valence-corrected chi connectivity index (χ3v) is 3.10. The minimum atomic E-state index is 0.391. The van der Waals surface area contributed by atoms with Gasteiger partial charge in [0.1, 0.15) is 10.7 Å². The molecule has 0 aromatic heterocycles. The van der Waals surface area contributed by atoms with Gasteiger partial charge in [-0.15, -0.1) is 0 Å². The standard InChI is InChI=1S/C16H18N2OS/c1-3-19-13-7-5-12(6-8-13)18-15-9-4-11(2)10-14(15)16(17)20/h4-10,18H,3H2,1-2H3,(H2,17,20). The van der Waals surface area contributed by atoms with E-state index in [4.69, 9.17) is 22.7 Å². The van der Waals surface area contributed by atoms with Crippen LogP contribution in [0.2, 0.25) is 0 Å². The largest absolute Gasteiger partial charge is 0.494 e. The second-order valence-electron chi connectivity index (χ2n) is 4.50. The smallest absolute Gasteiger partial charge is 0.119 e. The molecule has 0 heterocycles. The zero-order valence-corrected chi connectivity index (χ0v) is 12.5. The van der Waals surface area contributed by atoms with Gasteiger partial charge in [0.25, 0.3) is 0 Å². The predicted molar refractivity (Wildman–Crippen MR) is 88.0 cm³/mol. The summed E-state index contributed by atoms with van der Waals surface area (Å²) in [6.07, 6.45) is 0. The zero-order valence-electron chi connectivity index (χ0n) is 11.6. The Morgan fingerprint density at radius 1 is 1.20 bits per heavy atom. The Bertz CT molecular complexity index is 608. The van der Waals surface area contributed by atoms with Gasteiger partial charge in [-0.1, -0.05) is 23.8 Å². The Hall–Kier alpha value is -2.07. The molecule has 104 valence electrons. The number of anilines is 2. The number of hydrogen-bond acceptors (Lipinski definition) is 3. The third kappa shape index (κ3) is 3.48. The lowest BCUT2D eigenvalue weighted by Gasteiger charge is -2.12. The van der Waals surface area contributed by atoms with Gasteiger partial charge >= 0.3 is 0 Å². The van der Waals surface area contributed by atoms with E-state index in [-0.39, 0.29) is 0 Å². The van der Waals surface area contributed by atoms with Gasteiger partial charge in [0.15, 0.2) is 0 Å². The van der Waals surface area contributed by atoms with Crippen molar-refractivity contribution >= 4 is 28.6 Å². The first kappa shape index (κ1) is 14.3. The summed E-state index contributed by atoms with van der Waals surface area (Å²) in [6.45, 7) is 4.64. The minimum absolute atomic E-state index is 0.391. The minimum Gasteiger partial charge on any atom is -0.494 e. The van der Waals surface area contributed by atoms with Crippen LogP contribution in [0.5, 0.6) is 5.75 Å². The average Bonchev–Trinajstić information content (AvgIpc) is 2.43. The molecule has 0 fully saturated rings. The summed E-state index contributed by atoms with van der Waals surface area (Å²) in [4.78, 5) is 0.391. The maximum absolute atomic E-state index is 5.77. The first-order valence-corrected chi connectivity index (χ1v) is 6.91. The van der Waals surface area contributed by atoms with Crippen molar-refractivity contribution in [3.8, 4) is 5.75 Å². The molecule has 3 N–H and O–H groups in total. The molecule has 0 amide bonds. The second kappa shape index (κ2) is 6.39. The van der Waals surface area contributed by atoms with Gasteiger partial charge in [-0.05, 0) is 50.2 Å². The fraction of sp³-hybridized carbons (Fsp3) is 0.188. The number of nitrogens with two attached hydrogens (primary N) is 1. The maximum atomic E-state index is 5.77. The van der Waals surface area contributed by atoms with Crippen molar-refractivity contribution in [3.05, 3.63) is 53.6 Å². The molecule has 4 heteroatoms. The highest BCUT2D eigenvalue weighted by Crippen LogP contribution is 2.24. The van der Waals surface area contributed by atoms with E-state index in [0.29, 0.717) is 11.6 Å². The van der Waals surface area contributed by atoms with Crippen molar-refractivity contribution in [1.82, 2.24) is 0 Å². The van der Waals surface area contributed by atoms with Crippen molar-refractivity contribution < 1.29 is 4.74 Å². The van der Waals surface area contributed by atoms with Gasteiger partial charge in [0.05, 0.1) is 6.61 Å². The summed E-state index contributed by atoms with van der Waals surface area (Å²) in [5, 5.41) is 3.33. The van der Waals surface area contributed by atoms with E-state index < -0.39 is 0 Å². The molecule has 0 aliphatic heterocycles. The van der Waals surface area contributed by atoms with Gasteiger partial charge in [-0.25, -0.2) is 0 Å². The van der Waals surface area contributed by atoms with Crippen molar-refractivity contribution in [2.24, 2.45) is 5.73 Å². The molecule has 0 atom stereocenters. The van der Waals surface area contributed by atoms with E-state index >= 15 is 0 Å². The molecule has 0 radical (unpaired) electrons. The molecule has 0 saturated carbocycles. The van der Waals surface area contributed by atoms with E-state index in [1.54, 1.807) is 0 Å². The van der Waals surface area contributed by atoms with Crippen LogP contribution in [0.25, 0.3) is 0 Å². The number of nitrogens with one attached hydrogen (secondary N) is 1. The molecule has 20 heavy (non-hydrogen) atoms. The lowest BCUT2D eigenvalue weighted by Crippen LogP contribution is -2.12. The summed E-state index contributed by atoms with van der Waals surface area (Å²) >= 11 is 5.10. The van der Waals surface area contributed by atoms with Crippen LogP contribution in [0.3, 0.4) is 0 Å². The molecule has 2 rings (SSSR count). The Balaban J connectivity index is 2.23. The van der Waals surface area contributed by atoms with Crippen LogP contribution < -0.4 is 15.8 Å². The van der Waals surface area contributed by atoms with Gasteiger partial charge in [-0.3, -0.25) is 0 Å². The van der Waals surface area contributed by atoms with Gasteiger partial charge < -0.3 is 15.8 Å². The van der Waals surface area contributed by atoms with Crippen LogP contribution >= 0.6 is 12.2 Å². The van der Waals surface area contributed by atoms with Gasteiger partial charge in [0.2, 0.25) is 0 Å². The van der Waals surface area contributed by atoms with Crippen LogP contribution in [0.1, 0.15) is 18.1 Å². The van der Waals surface area contributed by atoms with E-state index in [1.165, 1.54) is 0 Å². The Kier molecular flexibility index (Phi) is 4.58. The third-order valence-electron chi connectivity index (χ3n) is 2.88. The number of ether oxygens (including phenoxy) is 1. The highest BCUT2D eigenvalue weighted by Gasteiger charge is 2.06. The predicted octanol–water partition coefficient (Wildman–Crippen LogP) is 3.77. The van der Waals surface area contributed by atoms with Crippen molar-refractivity contribution in [3.63, 3.8) is 0 Å². The number of rotatable bonds is 5. The monoisotopic (exact) mass is 286 g/mol. The summed E-state index contributed by atoms with van der Waals surface area (Å²) in [7, 11) is 0. The van der Waals surface area contributed by atoms with Gasteiger partial charge in [0, 0.05) is 16.9 Å². The molecule has 0 aliphatic carbocycles. The number of aryl methyl sites for hydroxylation is 1. The molecule has 2 aromatic rings. The maximum Gasteiger partial charge on any atom is 0.119 e. The summed E-state index contributed by atoms with van der Waals surface area (Å²) in [5.74, 6) is 0.858. The van der Waals surface area contributed by atoms with Crippen molar-refractivity contribution in [2.75, 3.05) is 11.9 Å². The highest BCUT2D eigenvalue weighted by molar-refractivity contribution is 7.80. The van der Waals surface area contributed by atoms with E-state index in [9.17, 15) is 0 Å². The fourth-order valence-electron chi connectivity index (χ4n) is 1.93. The lowest BCUT2D eigenvalue weighted by atomic mass is 10.1. The molecule has 0 aliphatic rings. The summed E-state index contributed by atoms with van der Waals surface area (Å²) in [6, 6.07) is 13.8. The summed E-state index contributed by atoms with van der Waals surface area (Å²) in [5.41, 5.74) is 9.63. The Morgan fingerprint density at radius 3 is 2.50 bits per heavy atom. The number of benzene rings is 2. The zero-order chi connectivity index (χ0) is 14.5. The van der Waals surface area contributed by atoms with Gasteiger partial charge in [-0.2, -0.15) is 0 Å². The molecule has 0 spiro atoms. The molecule has 2 aromatic carbocycles. The van der Waals surface area contributed by atoms with E-state index in [1.807, 2.05) is 56.3 Å². The average molecular weight is 286 g/mol. The molecule has 0 bridgehead atoms. The molecule has 0 saturated heterocycles. The molecule has 3 nitrogen and oxygen atoms in total.